The van der Waals surface area contributed by atoms with Crippen molar-refractivity contribution < 1.29 is 9.47 Å². The molecule has 2 heterocycles. The molecule has 0 amide bonds. The Balaban J connectivity index is 1.65. The van der Waals surface area contributed by atoms with Gasteiger partial charge in [-0.2, -0.15) is 11.8 Å². The highest BCUT2D eigenvalue weighted by molar-refractivity contribution is 7.99. The summed E-state index contributed by atoms with van der Waals surface area (Å²) in [6, 6.07) is 7.03. The minimum Gasteiger partial charge on any atom is -0.493 e. The van der Waals surface area contributed by atoms with Crippen LogP contribution >= 0.6 is 11.8 Å². The zero-order valence-electron chi connectivity index (χ0n) is 12.8. The van der Waals surface area contributed by atoms with Gasteiger partial charge in [0.25, 0.3) is 0 Å². The van der Waals surface area contributed by atoms with Crippen LogP contribution < -0.4 is 14.8 Å². The van der Waals surface area contributed by atoms with Gasteiger partial charge in [0.1, 0.15) is 6.10 Å². The molecular weight excluding hydrogens is 282 g/mol. The summed E-state index contributed by atoms with van der Waals surface area (Å²) in [4.78, 5) is 0. The van der Waals surface area contributed by atoms with Crippen LogP contribution in [0.4, 0.5) is 0 Å². The molecule has 0 aromatic heterocycles. The Morgan fingerprint density at radius 2 is 2.19 bits per heavy atom. The Bertz CT molecular complexity index is 454. The minimum atomic E-state index is 0.342. The lowest BCUT2D eigenvalue weighted by atomic mass is 9.97. The fourth-order valence-corrected chi connectivity index (χ4v) is 4.20. The molecule has 4 heteroatoms. The summed E-state index contributed by atoms with van der Waals surface area (Å²) >= 11 is 1.97. The molecule has 2 saturated heterocycles. The van der Waals surface area contributed by atoms with Gasteiger partial charge < -0.3 is 14.8 Å². The highest BCUT2D eigenvalue weighted by Gasteiger charge is 2.19. The zero-order valence-corrected chi connectivity index (χ0v) is 13.6. The minimum absolute atomic E-state index is 0.342. The van der Waals surface area contributed by atoms with Gasteiger partial charge in [-0.05, 0) is 55.7 Å². The van der Waals surface area contributed by atoms with Crippen molar-refractivity contribution in [2.24, 2.45) is 0 Å². The van der Waals surface area contributed by atoms with Crippen LogP contribution in [0.5, 0.6) is 11.5 Å². The third-order valence-corrected chi connectivity index (χ3v) is 5.44. The van der Waals surface area contributed by atoms with Gasteiger partial charge >= 0.3 is 0 Å². The van der Waals surface area contributed by atoms with Crippen LogP contribution in [0, 0.1) is 0 Å². The standard InChI is InChI=1S/C17H25NO2S/c1-19-17-11-13(10-14-4-2-3-8-18-14)5-6-16(17)20-15-7-9-21-12-15/h5-6,11,14-15,18H,2-4,7-10,12H2,1H3. The Morgan fingerprint density at radius 3 is 2.90 bits per heavy atom. The van der Waals surface area contributed by atoms with Crippen LogP contribution in [0.25, 0.3) is 0 Å². The molecule has 2 fully saturated rings. The smallest absolute Gasteiger partial charge is 0.161 e. The molecule has 3 nitrogen and oxygen atoms in total. The first-order valence-corrected chi connectivity index (χ1v) is 9.15. The number of thioether (sulfide) groups is 1. The molecule has 2 unspecified atom stereocenters. The average Bonchev–Trinajstić information content (AvgIpc) is 3.03. The third-order valence-electron chi connectivity index (χ3n) is 4.30. The lowest BCUT2D eigenvalue weighted by Gasteiger charge is -2.24. The molecule has 2 atom stereocenters. The largest absolute Gasteiger partial charge is 0.493 e. The summed E-state index contributed by atoms with van der Waals surface area (Å²) in [6.45, 7) is 1.16. The molecule has 3 rings (SSSR count). The first-order chi connectivity index (χ1) is 10.3. The van der Waals surface area contributed by atoms with E-state index in [1.807, 2.05) is 11.8 Å². The van der Waals surface area contributed by atoms with E-state index in [9.17, 15) is 0 Å². The summed E-state index contributed by atoms with van der Waals surface area (Å²) in [5.41, 5.74) is 1.33. The van der Waals surface area contributed by atoms with E-state index in [-0.39, 0.29) is 0 Å². The second-order valence-corrected chi connectivity index (χ2v) is 7.09. The Morgan fingerprint density at radius 1 is 1.24 bits per heavy atom. The van der Waals surface area contributed by atoms with Gasteiger partial charge in [0.15, 0.2) is 11.5 Å². The summed E-state index contributed by atoms with van der Waals surface area (Å²) in [5, 5.41) is 3.60. The number of ether oxygens (including phenoxy) is 2. The Hall–Kier alpha value is -0.870. The second-order valence-electron chi connectivity index (χ2n) is 5.94. The van der Waals surface area contributed by atoms with Crippen LogP contribution in [0.15, 0.2) is 18.2 Å². The quantitative estimate of drug-likeness (QED) is 0.904. The SMILES string of the molecule is COc1cc(CC2CCCCN2)ccc1OC1CCSC1. The molecule has 116 valence electrons. The van der Waals surface area contributed by atoms with E-state index in [1.54, 1.807) is 7.11 Å². The molecule has 0 radical (unpaired) electrons. The molecule has 0 bridgehead atoms. The molecular formula is C17H25NO2S. The predicted molar refractivity (Wildman–Crippen MR) is 88.7 cm³/mol. The summed E-state index contributed by atoms with van der Waals surface area (Å²) in [7, 11) is 1.73. The van der Waals surface area contributed by atoms with Crippen LogP contribution in [0.2, 0.25) is 0 Å². The molecule has 2 aliphatic rings. The van der Waals surface area contributed by atoms with E-state index < -0.39 is 0 Å². The van der Waals surface area contributed by atoms with Gasteiger partial charge in [0, 0.05) is 11.8 Å². The lowest BCUT2D eigenvalue weighted by Crippen LogP contribution is -2.35. The number of methoxy groups -OCH3 is 1. The molecule has 1 aromatic carbocycles. The molecule has 0 saturated carbocycles. The maximum absolute atomic E-state index is 6.08. The molecule has 21 heavy (non-hydrogen) atoms. The number of piperidine rings is 1. The first-order valence-electron chi connectivity index (χ1n) is 8.00. The Labute approximate surface area is 131 Å². The topological polar surface area (TPSA) is 30.5 Å². The van der Waals surface area contributed by atoms with E-state index in [2.05, 4.69) is 23.5 Å². The van der Waals surface area contributed by atoms with Gasteiger partial charge in [-0.15, -0.1) is 0 Å². The fraction of sp³-hybridized carbons (Fsp3) is 0.647. The summed E-state index contributed by atoms with van der Waals surface area (Å²) in [5.74, 6) is 4.07. The van der Waals surface area contributed by atoms with Crippen molar-refractivity contribution in [3.8, 4) is 11.5 Å². The third kappa shape index (κ3) is 4.07. The summed E-state index contributed by atoms with van der Waals surface area (Å²) < 4.78 is 11.6. The molecule has 1 aromatic rings. The normalized spacial score (nSPS) is 25.8. The van der Waals surface area contributed by atoms with Crippen molar-refractivity contribution in [1.82, 2.24) is 5.32 Å². The first kappa shape index (κ1) is 15.0. The zero-order chi connectivity index (χ0) is 14.5. The molecule has 0 spiro atoms. The number of rotatable bonds is 5. The van der Waals surface area contributed by atoms with Crippen molar-refractivity contribution >= 4 is 11.8 Å². The van der Waals surface area contributed by atoms with E-state index >= 15 is 0 Å². The van der Waals surface area contributed by atoms with Gasteiger partial charge in [-0.1, -0.05) is 12.5 Å². The van der Waals surface area contributed by atoms with Gasteiger partial charge in [-0.3, -0.25) is 0 Å². The van der Waals surface area contributed by atoms with Crippen molar-refractivity contribution in [2.45, 2.75) is 44.2 Å². The van der Waals surface area contributed by atoms with E-state index in [1.165, 1.54) is 30.6 Å². The van der Waals surface area contributed by atoms with Crippen LogP contribution in [-0.4, -0.2) is 37.3 Å². The highest BCUT2D eigenvalue weighted by atomic mass is 32.2. The predicted octanol–water partition coefficient (Wildman–Crippen LogP) is 3.26. The monoisotopic (exact) mass is 307 g/mol. The van der Waals surface area contributed by atoms with E-state index in [0.717, 1.165) is 36.6 Å². The number of hydrogen-bond acceptors (Lipinski definition) is 4. The molecule has 0 aliphatic carbocycles. The van der Waals surface area contributed by atoms with Crippen molar-refractivity contribution in [1.29, 1.82) is 0 Å². The van der Waals surface area contributed by atoms with E-state index in [4.69, 9.17) is 9.47 Å². The van der Waals surface area contributed by atoms with Crippen LogP contribution in [-0.2, 0) is 6.42 Å². The number of benzene rings is 1. The maximum atomic E-state index is 6.08. The van der Waals surface area contributed by atoms with Crippen LogP contribution in [0.3, 0.4) is 0 Å². The van der Waals surface area contributed by atoms with E-state index in [0.29, 0.717) is 12.1 Å². The Kier molecular flexibility index (Phi) is 5.31. The average molecular weight is 307 g/mol. The van der Waals surface area contributed by atoms with Crippen molar-refractivity contribution in [2.75, 3.05) is 25.2 Å². The number of nitrogens with one attached hydrogen (secondary N) is 1. The van der Waals surface area contributed by atoms with Crippen molar-refractivity contribution in [3.05, 3.63) is 23.8 Å². The van der Waals surface area contributed by atoms with Gasteiger partial charge in [0.05, 0.1) is 7.11 Å². The molecule has 1 N–H and O–H groups in total. The van der Waals surface area contributed by atoms with Crippen molar-refractivity contribution in [3.63, 3.8) is 0 Å². The van der Waals surface area contributed by atoms with Crippen LogP contribution in [0.1, 0.15) is 31.2 Å². The summed E-state index contributed by atoms with van der Waals surface area (Å²) in [6.07, 6.45) is 6.49. The number of hydrogen-bond donors (Lipinski definition) is 1. The highest BCUT2D eigenvalue weighted by Crippen LogP contribution is 2.32. The maximum Gasteiger partial charge on any atom is 0.161 e. The van der Waals surface area contributed by atoms with Gasteiger partial charge in [0.2, 0.25) is 0 Å². The van der Waals surface area contributed by atoms with Gasteiger partial charge in [-0.25, -0.2) is 0 Å². The fourth-order valence-electron chi connectivity index (χ4n) is 3.10. The lowest BCUT2D eigenvalue weighted by molar-refractivity contribution is 0.218. The molecule has 2 aliphatic heterocycles. The second kappa shape index (κ2) is 7.41.